The van der Waals surface area contributed by atoms with Crippen molar-refractivity contribution in [3.05, 3.63) is 0 Å². The highest BCUT2D eigenvalue weighted by molar-refractivity contribution is 14.0. The second-order valence-electron chi connectivity index (χ2n) is 8.52. The molecular formula is C21H42IN5O. The van der Waals surface area contributed by atoms with Gasteiger partial charge in [0.2, 0.25) is 5.91 Å². The second kappa shape index (κ2) is 12.9. The first-order valence-corrected chi connectivity index (χ1v) is 11.0. The monoisotopic (exact) mass is 507 g/mol. The minimum Gasteiger partial charge on any atom is -0.357 e. The molecule has 0 saturated carbocycles. The molecule has 2 aliphatic heterocycles. The molecule has 0 aliphatic carbocycles. The summed E-state index contributed by atoms with van der Waals surface area (Å²) in [5, 5.41) is 6.85. The van der Waals surface area contributed by atoms with E-state index in [1.165, 1.54) is 32.4 Å². The van der Waals surface area contributed by atoms with Crippen LogP contribution in [0.15, 0.2) is 4.99 Å². The number of hydrogen-bond donors (Lipinski definition) is 2. The van der Waals surface area contributed by atoms with Gasteiger partial charge < -0.3 is 15.5 Å². The van der Waals surface area contributed by atoms with Crippen LogP contribution in [-0.4, -0.2) is 72.5 Å². The van der Waals surface area contributed by atoms with Crippen LogP contribution < -0.4 is 10.6 Å². The molecule has 2 aliphatic rings. The van der Waals surface area contributed by atoms with E-state index in [0.29, 0.717) is 11.9 Å². The lowest BCUT2D eigenvalue weighted by Gasteiger charge is -2.40. The molecule has 2 heterocycles. The van der Waals surface area contributed by atoms with Crippen LogP contribution in [0.5, 0.6) is 0 Å². The highest BCUT2D eigenvalue weighted by Crippen LogP contribution is 2.21. The third-order valence-corrected chi connectivity index (χ3v) is 5.97. The Morgan fingerprint density at radius 3 is 2.39 bits per heavy atom. The number of nitrogens with one attached hydrogen (secondary N) is 2. The number of carbonyl (C=O) groups excluding carboxylic acids is 1. The van der Waals surface area contributed by atoms with E-state index in [9.17, 15) is 4.79 Å². The summed E-state index contributed by atoms with van der Waals surface area (Å²) in [5.74, 6) is 1.22. The fourth-order valence-corrected chi connectivity index (χ4v) is 4.21. The van der Waals surface area contributed by atoms with Crippen molar-refractivity contribution in [1.29, 1.82) is 0 Å². The summed E-state index contributed by atoms with van der Waals surface area (Å²) < 4.78 is 0. The average Bonchev–Trinajstić information content (AvgIpc) is 3.10. The highest BCUT2D eigenvalue weighted by atomic mass is 127. The second-order valence-corrected chi connectivity index (χ2v) is 8.52. The molecule has 2 rings (SSSR count). The number of piperidine rings is 1. The molecule has 0 aromatic carbocycles. The number of amides is 1. The minimum atomic E-state index is 0. The smallest absolute Gasteiger partial charge is 0.222 e. The Morgan fingerprint density at radius 2 is 1.82 bits per heavy atom. The summed E-state index contributed by atoms with van der Waals surface area (Å²) in [4.78, 5) is 21.5. The Hall–Kier alpha value is -0.570. The molecule has 0 bridgehead atoms. The quantitative estimate of drug-likeness (QED) is 0.286. The van der Waals surface area contributed by atoms with Gasteiger partial charge in [-0.25, -0.2) is 0 Å². The van der Waals surface area contributed by atoms with E-state index in [4.69, 9.17) is 4.99 Å². The maximum atomic E-state index is 12.0. The van der Waals surface area contributed by atoms with Gasteiger partial charge in [0.05, 0.1) is 6.54 Å². The predicted molar refractivity (Wildman–Crippen MR) is 129 cm³/mol. The number of nitrogens with zero attached hydrogens (tertiary/aromatic N) is 3. The van der Waals surface area contributed by atoms with E-state index in [1.807, 2.05) is 0 Å². The number of rotatable bonds is 9. The maximum absolute atomic E-state index is 12.0. The Balaban J connectivity index is 0.00000392. The van der Waals surface area contributed by atoms with E-state index >= 15 is 0 Å². The molecule has 0 aromatic rings. The lowest BCUT2D eigenvalue weighted by molar-refractivity contribution is -0.129. The fourth-order valence-electron chi connectivity index (χ4n) is 4.21. The minimum absolute atomic E-state index is 0. The summed E-state index contributed by atoms with van der Waals surface area (Å²) in [7, 11) is 0. The van der Waals surface area contributed by atoms with Gasteiger partial charge in [0.25, 0.3) is 0 Å². The summed E-state index contributed by atoms with van der Waals surface area (Å²) >= 11 is 0. The largest absolute Gasteiger partial charge is 0.357 e. The molecule has 164 valence electrons. The Labute approximate surface area is 189 Å². The van der Waals surface area contributed by atoms with Gasteiger partial charge in [-0.1, -0.05) is 13.3 Å². The molecule has 0 aromatic heterocycles. The van der Waals surface area contributed by atoms with Crippen LogP contribution in [0.2, 0.25) is 0 Å². The SMILES string of the molecule is CCNC(=NCC(C)(C)N1CCCCC1)NCCC(CC)N1CCCC1=O.I. The van der Waals surface area contributed by atoms with E-state index in [-0.39, 0.29) is 29.5 Å². The molecule has 6 nitrogen and oxygen atoms in total. The maximum Gasteiger partial charge on any atom is 0.222 e. The summed E-state index contributed by atoms with van der Waals surface area (Å²) in [6, 6.07) is 0.347. The van der Waals surface area contributed by atoms with Crippen LogP contribution in [0.3, 0.4) is 0 Å². The van der Waals surface area contributed by atoms with Gasteiger partial charge in [0.15, 0.2) is 5.96 Å². The van der Waals surface area contributed by atoms with Gasteiger partial charge in [0, 0.05) is 37.6 Å². The molecule has 2 saturated heterocycles. The van der Waals surface area contributed by atoms with Crippen LogP contribution in [0.25, 0.3) is 0 Å². The summed E-state index contributed by atoms with van der Waals surface area (Å²) in [5.41, 5.74) is 0.0939. The van der Waals surface area contributed by atoms with Gasteiger partial charge in [0.1, 0.15) is 0 Å². The van der Waals surface area contributed by atoms with Crippen LogP contribution in [0.1, 0.15) is 72.6 Å². The third-order valence-electron chi connectivity index (χ3n) is 5.97. The van der Waals surface area contributed by atoms with Gasteiger partial charge in [-0.05, 0) is 66.0 Å². The molecule has 2 fully saturated rings. The third kappa shape index (κ3) is 7.69. The van der Waals surface area contributed by atoms with Gasteiger partial charge >= 0.3 is 0 Å². The number of hydrogen-bond acceptors (Lipinski definition) is 3. The summed E-state index contributed by atoms with van der Waals surface area (Å²) in [6.07, 6.45) is 7.69. The van der Waals surface area contributed by atoms with Crippen molar-refractivity contribution < 1.29 is 4.79 Å². The molecule has 1 unspecified atom stereocenters. The Kier molecular flexibility index (Phi) is 11.7. The standard InChI is InChI=1S/C21H41N5O.HI/c1-5-18(26-16-10-11-19(26)27)12-13-23-20(22-6-2)24-17-21(3,4)25-14-8-7-9-15-25;/h18H,5-17H2,1-4H3,(H2,22,23,24);1H. The van der Waals surface area contributed by atoms with Crippen molar-refractivity contribution in [3.63, 3.8) is 0 Å². The topological polar surface area (TPSA) is 60.0 Å². The Bertz CT molecular complexity index is 491. The molecule has 2 N–H and O–H groups in total. The first kappa shape index (κ1) is 25.5. The number of guanidine groups is 1. The molecule has 1 amide bonds. The average molecular weight is 508 g/mol. The molecule has 7 heteroatoms. The van der Waals surface area contributed by atoms with E-state index < -0.39 is 0 Å². The van der Waals surface area contributed by atoms with Crippen molar-refractivity contribution in [2.45, 2.75) is 84.2 Å². The molecule has 1 atom stereocenters. The van der Waals surface area contributed by atoms with Crippen molar-refractivity contribution in [2.75, 3.05) is 39.3 Å². The summed E-state index contributed by atoms with van der Waals surface area (Å²) in [6.45, 7) is 14.7. The zero-order valence-corrected chi connectivity index (χ0v) is 20.8. The van der Waals surface area contributed by atoms with Crippen molar-refractivity contribution >= 4 is 35.8 Å². The fraction of sp³-hybridized carbons (Fsp3) is 0.905. The van der Waals surface area contributed by atoms with Crippen LogP contribution in [0.4, 0.5) is 0 Å². The molecule has 0 spiro atoms. The van der Waals surface area contributed by atoms with E-state index in [1.54, 1.807) is 0 Å². The zero-order valence-electron chi connectivity index (χ0n) is 18.4. The number of carbonyl (C=O) groups is 1. The first-order valence-electron chi connectivity index (χ1n) is 11.0. The van der Waals surface area contributed by atoms with E-state index in [0.717, 1.165) is 57.8 Å². The van der Waals surface area contributed by atoms with E-state index in [2.05, 4.69) is 48.1 Å². The lowest BCUT2D eigenvalue weighted by atomic mass is 9.99. The highest BCUT2D eigenvalue weighted by Gasteiger charge is 2.28. The van der Waals surface area contributed by atoms with Crippen LogP contribution >= 0.6 is 24.0 Å². The zero-order chi connectivity index (χ0) is 19.7. The first-order chi connectivity index (χ1) is 13.0. The van der Waals surface area contributed by atoms with Gasteiger partial charge in [-0.2, -0.15) is 0 Å². The molecule has 28 heavy (non-hydrogen) atoms. The normalized spacial score (nSPS) is 20.1. The Morgan fingerprint density at radius 1 is 1.11 bits per heavy atom. The van der Waals surface area contributed by atoms with Gasteiger partial charge in [-0.15, -0.1) is 24.0 Å². The van der Waals surface area contributed by atoms with Crippen molar-refractivity contribution in [2.24, 2.45) is 4.99 Å². The molecular weight excluding hydrogens is 465 g/mol. The van der Waals surface area contributed by atoms with Gasteiger partial charge in [-0.3, -0.25) is 14.7 Å². The number of halogens is 1. The van der Waals surface area contributed by atoms with Crippen LogP contribution in [0, 0.1) is 0 Å². The van der Waals surface area contributed by atoms with Crippen molar-refractivity contribution in [3.8, 4) is 0 Å². The number of likely N-dealkylation sites (tertiary alicyclic amines) is 2. The van der Waals surface area contributed by atoms with Crippen LogP contribution in [-0.2, 0) is 4.79 Å². The lowest BCUT2D eigenvalue weighted by Crippen LogP contribution is -2.49. The molecule has 0 radical (unpaired) electrons. The van der Waals surface area contributed by atoms with Crippen molar-refractivity contribution in [1.82, 2.24) is 20.4 Å². The number of aliphatic imine (C=N–C) groups is 1. The predicted octanol–water partition coefficient (Wildman–Crippen LogP) is 3.22.